The van der Waals surface area contributed by atoms with Gasteiger partial charge >= 0.3 is 15.3 Å². The van der Waals surface area contributed by atoms with Crippen LogP contribution in [0.2, 0.25) is 0 Å². The summed E-state index contributed by atoms with van der Waals surface area (Å²) in [5.74, 6) is -0.450. The first-order valence-corrected chi connectivity index (χ1v) is 6.29. The minimum absolute atomic E-state index is 0.0108. The molecule has 0 atom stereocenters. The summed E-state index contributed by atoms with van der Waals surface area (Å²) in [6.07, 6.45) is -1.26. The molecule has 0 radical (unpaired) electrons. The number of rotatable bonds is 2. The van der Waals surface area contributed by atoms with E-state index in [1.165, 1.54) is 23.8 Å². The molecule has 1 aromatic carbocycles. The van der Waals surface area contributed by atoms with Gasteiger partial charge in [-0.2, -0.15) is 8.42 Å². The van der Waals surface area contributed by atoms with Crippen LogP contribution in [0.1, 0.15) is 5.56 Å². The van der Waals surface area contributed by atoms with Crippen molar-refractivity contribution in [3.8, 4) is 5.75 Å². The summed E-state index contributed by atoms with van der Waals surface area (Å²) < 4.78 is 39.7. The summed E-state index contributed by atoms with van der Waals surface area (Å²) in [5.41, 5.74) is 0.263. The fraction of sp³-hybridized carbons (Fsp3) is 0.125. The van der Waals surface area contributed by atoms with Gasteiger partial charge in [-0.05, 0) is 30.7 Å². The van der Waals surface area contributed by atoms with Gasteiger partial charge in [-0.25, -0.2) is 13.9 Å². The van der Waals surface area contributed by atoms with E-state index in [1.54, 1.807) is 0 Å². The van der Waals surface area contributed by atoms with Gasteiger partial charge in [0.05, 0.1) is 0 Å². The molecule has 0 heterocycles. The highest BCUT2D eigenvalue weighted by Crippen LogP contribution is 2.16. The zero-order valence-electron chi connectivity index (χ0n) is 8.03. The lowest BCUT2D eigenvalue weighted by Gasteiger charge is -2.04. The lowest BCUT2D eigenvalue weighted by atomic mass is 10.2. The Morgan fingerprint density at radius 3 is 2.62 bits per heavy atom. The van der Waals surface area contributed by atoms with E-state index in [-0.39, 0.29) is 11.3 Å². The van der Waals surface area contributed by atoms with Crippen LogP contribution in [0.3, 0.4) is 0 Å². The number of ether oxygens (including phenoxy) is 1. The van der Waals surface area contributed by atoms with Crippen molar-refractivity contribution in [3.63, 3.8) is 0 Å². The van der Waals surface area contributed by atoms with Crippen molar-refractivity contribution < 1.29 is 22.3 Å². The van der Waals surface area contributed by atoms with Gasteiger partial charge in [0, 0.05) is 10.7 Å². The van der Waals surface area contributed by atoms with Gasteiger partial charge in [0.25, 0.3) is 0 Å². The number of nitrogens with one attached hydrogen (secondary N) is 1. The monoisotopic (exact) mass is 267 g/mol. The van der Waals surface area contributed by atoms with Crippen LogP contribution in [-0.4, -0.2) is 14.5 Å². The number of carbonyl (C=O) groups is 1. The van der Waals surface area contributed by atoms with Crippen LogP contribution in [0.15, 0.2) is 18.2 Å². The Morgan fingerprint density at radius 2 is 2.12 bits per heavy atom. The van der Waals surface area contributed by atoms with E-state index >= 15 is 0 Å². The van der Waals surface area contributed by atoms with E-state index < -0.39 is 21.1 Å². The molecule has 8 heteroatoms. The second-order valence-electron chi connectivity index (χ2n) is 2.84. The third-order valence-electron chi connectivity index (χ3n) is 1.55. The molecular weight excluding hydrogens is 261 g/mol. The molecule has 1 N–H and O–H groups in total. The summed E-state index contributed by atoms with van der Waals surface area (Å²) in [6.45, 7) is 1.47. The largest absolute Gasteiger partial charge is 0.427 e. The predicted octanol–water partition coefficient (Wildman–Crippen LogP) is 1.71. The molecule has 0 aliphatic rings. The van der Waals surface area contributed by atoms with Gasteiger partial charge in [0.2, 0.25) is 0 Å². The first-order chi connectivity index (χ1) is 7.28. The third-order valence-corrected chi connectivity index (χ3v) is 2.19. The average molecular weight is 268 g/mol. The molecule has 0 spiro atoms. The topological polar surface area (TPSA) is 72.5 Å². The first-order valence-electron chi connectivity index (χ1n) is 3.98. The van der Waals surface area contributed by atoms with Gasteiger partial charge in [-0.1, -0.05) is 0 Å². The fourth-order valence-electron chi connectivity index (χ4n) is 0.908. The van der Waals surface area contributed by atoms with E-state index in [0.717, 1.165) is 6.07 Å². The standard InChI is InChI=1S/C8H7ClFNO4S/c1-5-4-6(2-3-7(5)10)15-8(12)11-16(9,13)14/h2-4H,1H3,(H,11,12). The number of carbonyl (C=O) groups excluding carboxylic acids is 1. The van der Waals surface area contributed by atoms with Crippen molar-refractivity contribution in [3.05, 3.63) is 29.6 Å². The van der Waals surface area contributed by atoms with Gasteiger partial charge in [-0.15, -0.1) is 0 Å². The fourth-order valence-corrected chi connectivity index (χ4v) is 1.34. The highest BCUT2D eigenvalue weighted by atomic mass is 35.7. The lowest BCUT2D eigenvalue weighted by Crippen LogP contribution is -2.29. The van der Waals surface area contributed by atoms with Crippen molar-refractivity contribution in [2.24, 2.45) is 0 Å². The Labute approximate surface area is 95.7 Å². The summed E-state index contributed by atoms with van der Waals surface area (Å²) in [7, 11) is 0.563. The molecule has 16 heavy (non-hydrogen) atoms. The maximum atomic E-state index is 12.8. The molecule has 1 rings (SSSR count). The van der Waals surface area contributed by atoms with Crippen LogP contribution in [0, 0.1) is 12.7 Å². The Balaban J connectivity index is 2.74. The highest BCUT2D eigenvalue weighted by molar-refractivity contribution is 8.12. The van der Waals surface area contributed by atoms with Crippen LogP contribution in [-0.2, 0) is 9.24 Å². The molecule has 0 unspecified atom stereocenters. The van der Waals surface area contributed by atoms with E-state index in [1.807, 2.05) is 0 Å². The van der Waals surface area contributed by atoms with Crippen LogP contribution in [0.5, 0.6) is 5.75 Å². The summed E-state index contributed by atoms with van der Waals surface area (Å²) in [6, 6.07) is 3.52. The SMILES string of the molecule is Cc1cc(OC(=O)NS(=O)(=O)Cl)ccc1F. The van der Waals surface area contributed by atoms with Crippen LogP contribution in [0.25, 0.3) is 0 Å². The molecule has 0 fully saturated rings. The zero-order chi connectivity index (χ0) is 12.3. The smallest absolute Gasteiger partial charge is 0.410 e. The van der Waals surface area contributed by atoms with Crippen molar-refractivity contribution in [2.75, 3.05) is 0 Å². The van der Waals surface area contributed by atoms with Crippen LogP contribution in [0.4, 0.5) is 9.18 Å². The molecule has 5 nitrogen and oxygen atoms in total. The Hall–Kier alpha value is -1.34. The number of halogens is 2. The molecule has 0 saturated carbocycles. The third kappa shape index (κ3) is 4.03. The van der Waals surface area contributed by atoms with E-state index in [4.69, 9.17) is 10.7 Å². The normalized spacial score (nSPS) is 10.9. The van der Waals surface area contributed by atoms with Crippen LogP contribution < -0.4 is 9.46 Å². The average Bonchev–Trinajstić information content (AvgIpc) is 2.08. The predicted molar refractivity (Wildman–Crippen MR) is 55.1 cm³/mol. The van der Waals surface area contributed by atoms with E-state index in [9.17, 15) is 17.6 Å². The van der Waals surface area contributed by atoms with Crippen molar-refractivity contribution in [1.29, 1.82) is 0 Å². The number of aryl methyl sites for hydroxylation is 1. The molecule has 1 aromatic rings. The number of amides is 1. The van der Waals surface area contributed by atoms with Gasteiger partial charge in [0.15, 0.2) is 0 Å². The molecule has 1 amide bonds. The minimum Gasteiger partial charge on any atom is -0.410 e. The quantitative estimate of drug-likeness (QED) is 0.828. The molecule has 0 saturated heterocycles. The second kappa shape index (κ2) is 4.67. The first kappa shape index (κ1) is 12.7. The van der Waals surface area contributed by atoms with Crippen molar-refractivity contribution >= 4 is 26.0 Å². The Morgan fingerprint density at radius 1 is 1.50 bits per heavy atom. The van der Waals surface area contributed by atoms with E-state index in [0.29, 0.717) is 0 Å². The second-order valence-corrected chi connectivity index (χ2v) is 5.14. The van der Waals surface area contributed by atoms with Crippen molar-refractivity contribution in [2.45, 2.75) is 6.92 Å². The Kier molecular flexibility index (Phi) is 3.71. The zero-order valence-corrected chi connectivity index (χ0v) is 9.60. The maximum Gasteiger partial charge on any atom is 0.427 e. The number of benzene rings is 1. The van der Waals surface area contributed by atoms with Crippen molar-refractivity contribution in [1.82, 2.24) is 4.72 Å². The highest BCUT2D eigenvalue weighted by Gasteiger charge is 2.12. The van der Waals surface area contributed by atoms with Crippen LogP contribution >= 0.6 is 10.7 Å². The molecule has 88 valence electrons. The lowest BCUT2D eigenvalue weighted by molar-refractivity contribution is 0.207. The van der Waals surface area contributed by atoms with E-state index in [2.05, 4.69) is 4.74 Å². The Bertz CT molecular complexity index is 517. The van der Waals surface area contributed by atoms with Gasteiger partial charge in [0.1, 0.15) is 11.6 Å². The number of hydrogen-bond acceptors (Lipinski definition) is 4. The van der Waals surface area contributed by atoms with Gasteiger partial charge in [-0.3, -0.25) is 0 Å². The molecular formula is C8H7ClFNO4S. The van der Waals surface area contributed by atoms with Gasteiger partial charge < -0.3 is 4.74 Å². The minimum atomic E-state index is -4.19. The molecule has 0 bridgehead atoms. The molecule has 0 aliphatic carbocycles. The maximum absolute atomic E-state index is 12.8. The summed E-state index contributed by atoms with van der Waals surface area (Å²) in [5, 5.41) is 0. The summed E-state index contributed by atoms with van der Waals surface area (Å²) >= 11 is 0. The summed E-state index contributed by atoms with van der Waals surface area (Å²) in [4.78, 5) is 10.9. The molecule has 0 aliphatic heterocycles. The number of hydrogen-bond donors (Lipinski definition) is 1. The molecule has 0 aromatic heterocycles.